The fourth-order valence-corrected chi connectivity index (χ4v) is 2.95. The van der Waals surface area contributed by atoms with Gasteiger partial charge < -0.3 is 19.9 Å². The lowest BCUT2D eigenvalue weighted by molar-refractivity contribution is -0.116. The zero-order valence-electron chi connectivity index (χ0n) is 13.7. The molecule has 7 nitrogen and oxygen atoms in total. The van der Waals surface area contributed by atoms with Crippen LogP contribution in [0.1, 0.15) is 19.0 Å². The smallest absolute Gasteiger partial charge is 0.307 e. The number of hydrogen-bond donors (Lipinski definition) is 2. The number of aromatic nitrogens is 1. The van der Waals surface area contributed by atoms with E-state index in [1.54, 1.807) is 28.1 Å². The molecule has 0 saturated carbocycles. The summed E-state index contributed by atoms with van der Waals surface area (Å²) in [5, 5.41) is 7.16. The topological polar surface area (TPSA) is 89.4 Å². The van der Waals surface area contributed by atoms with Gasteiger partial charge in [0.2, 0.25) is 11.8 Å². The number of hydrogen-bond acceptors (Lipinski definition) is 5. The number of amides is 2. The summed E-state index contributed by atoms with van der Waals surface area (Å²) in [5.74, 6) is 0.0388. The quantitative estimate of drug-likeness (QED) is 0.837. The number of aryl methyl sites for hydroxylation is 1. The van der Waals surface area contributed by atoms with Crippen molar-refractivity contribution in [1.82, 2.24) is 4.57 Å². The predicted octanol–water partition coefficient (Wildman–Crippen LogP) is 2.21. The summed E-state index contributed by atoms with van der Waals surface area (Å²) in [6.07, 6.45) is 0.158. The molecule has 2 rings (SSSR count). The third-order valence-electron chi connectivity index (χ3n) is 3.33. The van der Waals surface area contributed by atoms with Gasteiger partial charge >= 0.3 is 4.87 Å². The van der Waals surface area contributed by atoms with Gasteiger partial charge in [-0.15, -0.1) is 0 Å². The summed E-state index contributed by atoms with van der Waals surface area (Å²) in [6.45, 7) is 3.55. The summed E-state index contributed by atoms with van der Waals surface area (Å²) < 4.78 is 6.78. The van der Waals surface area contributed by atoms with E-state index in [9.17, 15) is 14.4 Å². The maximum atomic E-state index is 12.2. The van der Waals surface area contributed by atoms with Gasteiger partial charge in [0.05, 0.1) is 12.8 Å². The van der Waals surface area contributed by atoms with Crippen molar-refractivity contribution in [2.45, 2.75) is 26.8 Å². The highest BCUT2D eigenvalue weighted by molar-refractivity contribution is 7.07. The highest BCUT2D eigenvalue weighted by Crippen LogP contribution is 2.28. The largest absolute Gasteiger partial charge is 0.495 e. The van der Waals surface area contributed by atoms with E-state index < -0.39 is 0 Å². The van der Waals surface area contributed by atoms with Gasteiger partial charge in [-0.1, -0.05) is 11.3 Å². The standard InChI is InChI=1S/C16H19N3O4S/c1-10-9-24-16(22)19(10)7-6-15(21)18-13-8-12(17-11(2)20)4-5-14(13)23-3/h4-5,8-9H,6-7H2,1-3H3,(H,17,20)(H,18,21). The van der Waals surface area contributed by atoms with E-state index in [2.05, 4.69) is 10.6 Å². The van der Waals surface area contributed by atoms with Crippen LogP contribution in [-0.4, -0.2) is 23.5 Å². The Kier molecular flexibility index (Phi) is 5.75. The molecule has 0 saturated heterocycles. The summed E-state index contributed by atoms with van der Waals surface area (Å²) in [7, 11) is 1.50. The number of carbonyl (C=O) groups excluding carboxylic acids is 2. The Hall–Kier alpha value is -2.61. The fourth-order valence-electron chi connectivity index (χ4n) is 2.19. The Morgan fingerprint density at radius 1 is 1.29 bits per heavy atom. The fraction of sp³-hybridized carbons (Fsp3) is 0.312. The van der Waals surface area contributed by atoms with E-state index >= 15 is 0 Å². The molecule has 128 valence electrons. The number of nitrogens with zero attached hydrogens (tertiary/aromatic N) is 1. The molecule has 0 aliphatic rings. The molecule has 0 bridgehead atoms. The van der Waals surface area contributed by atoms with Crippen molar-refractivity contribution in [2.75, 3.05) is 17.7 Å². The molecule has 2 N–H and O–H groups in total. The first-order valence-corrected chi connectivity index (χ1v) is 8.19. The molecule has 8 heteroatoms. The number of rotatable bonds is 6. The van der Waals surface area contributed by atoms with Gasteiger partial charge in [0.25, 0.3) is 0 Å². The van der Waals surface area contributed by atoms with Crippen molar-refractivity contribution in [2.24, 2.45) is 0 Å². The molecule has 0 spiro atoms. The van der Waals surface area contributed by atoms with E-state index in [-0.39, 0.29) is 23.1 Å². The molecule has 0 unspecified atom stereocenters. The minimum atomic E-state index is -0.245. The average molecular weight is 349 g/mol. The third kappa shape index (κ3) is 4.45. The van der Waals surface area contributed by atoms with Crippen LogP contribution in [0, 0.1) is 6.92 Å². The summed E-state index contributed by atoms with van der Waals surface area (Å²) >= 11 is 1.12. The predicted molar refractivity (Wildman–Crippen MR) is 93.9 cm³/mol. The Morgan fingerprint density at radius 3 is 2.62 bits per heavy atom. The van der Waals surface area contributed by atoms with E-state index in [0.717, 1.165) is 17.0 Å². The van der Waals surface area contributed by atoms with Gasteiger partial charge in [0, 0.05) is 36.7 Å². The number of methoxy groups -OCH3 is 1. The normalized spacial score (nSPS) is 10.3. The van der Waals surface area contributed by atoms with Crippen molar-refractivity contribution in [3.8, 4) is 5.75 Å². The second-order valence-corrected chi connectivity index (χ2v) is 6.01. The second-order valence-electron chi connectivity index (χ2n) is 5.19. The molecule has 2 aromatic rings. The molecular weight excluding hydrogens is 330 g/mol. The first-order valence-electron chi connectivity index (χ1n) is 7.31. The van der Waals surface area contributed by atoms with Crippen LogP contribution in [0.2, 0.25) is 0 Å². The number of ether oxygens (including phenoxy) is 1. The number of thiazole rings is 1. The molecule has 1 aromatic carbocycles. The maximum Gasteiger partial charge on any atom is 0.307 e. The van der Waals surface area contributed by atoms with Gasteiger partial charge in [0.1, 0.15) is 5.75 Å². The lowest BCUT2D eigenvalue weighted by atomic mass is 10.2. The van der Waals surface area contributed by atoms with E-state index in [1.165, 1.54) is 14.0 Å². The lowest BCUT2D eigenvalue weighted by Gasteiger charge is -2.12. The average Bonchev–Trinajstić information content (AvgIpc) is 2.83. The Morgan fingerprint density at radius 2 is 2.04 bits per heavy atom. The molecule has 1 aromatic heterocycles. The SMILES string of the molecule is COc1ccc(NC(C)=O)cc1NC(=O)CCn1c(C)csc1=O. The van der Waals surface area contributed by atoms with Gasteiger partial charge in [-0.2, -0.15) is 0 Å². The van der Waals surface area contributed by atoms with Crippen LogP contribution in [-0.2, 0) is 16.1 Å². The van der Waals surface area contributed by atoms with Gasteiger partial charge in [-0.05, 0) is 25.1 Å². The first kappa shape index (κ1) is 17.7. The van der Waals surface area contributed by atoms with Crippen LogP contribution >= 0.6 is 11.3 Å². The molecular formula is C16H19N3O4S. The summed E-state index contributed by atoms with van der Waals surface area (Å²) in [6, 6.07) is 4.97. The highest BCUT2D eigenvalue weighted by Gasteiger charge is 2.11. The van der Waals surface area contributed by atoms with E-state index in [1.807, 2.05) is 6.92 Å². The molecule has 0 atom stereocenters. The molecule has 0 aliphatic carbocycles. The number of nitrogens with one attached hydrogen (secondary N) is 2. The van der Waals surface area contributed by atoms with Crippen LogP contribution in [0.5, 0.6) is 5.75 Å². The van der Waals surface area contributed by atoms with Crippen LogP contribution < -0.4 is 20.2 Å². The highest BCUT2D eigenvalue weighted by atomic mass is 32.1. The number of carbonyl (C=O) groups is 2. The number of anilines is 2. The zero-order chi connectivity index (χ0) is 17.7. The monoisotopic (exact) mass is 349 g/mol. The Bertz CT molecular complexity index is 810. The van der Waals surface area contributed by atoms with Crippen molar-refractivity contribution in [3.05, 3.63) is 38.9 Å². The Balaban J connectivity index is 2.07. The van der Waals surface area contributed by atoms with Crippen LogP contribution in [0.3, 0.4) is 0 Å². The molecule has 0 fully saturated rings. The van der Waals surface area contributed by atoms with Crippen molar-refractivity contribution in [3.63, 3.8) is 0 Å². The first-order chi connectivity index (χ1) is 11.4. The zero-order valence-corrected chi connectivity index (χ0v) is 14.5. The molecule has 2 amide bonds. The van der Waals surface area contributed by atoms with Crippen LogP contribution in [0.25, 0.3) is 0 Å². The van der Waals surface area contributed by atoms with Crippen molar-refractivity contribution in [1.29, 1.82) is 0 Å². The number of benzene rings is 1. The minimum absolute atomic E-state index is 0.0782. The minimum Gasteiger partial charge on any atom is -0.495 e. The molecule has 1 heterocycles. The molecule has 0 radical (unpaired) electrons. The molecule has 0 aliphatic heterocycles. The molecule has 24 heavy (non-hydrogen) atoms. The van der Waals surface area contributed by atoms with Crippen LogP contribution in [0.4, 0.5) is 11.4 Å². The summed E-state index contributed by atoms with van der Waals surface area (Å²) in [5.41, 5.74) is 1.86. The van der Waals surface area contributed by atoms with Gasteiger partial charge in [0.15, 0.2) is 0 Å². The Labute approximate surface area is 143 Å². The van der Waals surface area contributed by atoms with Gasteiger partial charge in [-0.3, -0.25) is 14.4 Å². The van der Waals surface area contributed by atoms with Crippen molar-refractivity contribution < 1.29 is 14.3 Å². The second kappa shape index (κ2) is 7.78. The maximum absolute atomic E-state index is 12.2. The van der Waals surface area contributed by atoms with Crippen LogP contribution in [0.15, 0.2) is 28.4 Å². The van der Waals surface area contributed by atoms with E-state index in [0.29, 0.717) is 23.7 Å². The summed E-state index contributed by atoms with van der Waals surface area (Å²) in [4.78, 5) is 34.9. The third-order valence-corrected chi connectivity index (χ3v) is 4.21. The lowest BCUT2D eigenvalue weighted by Crippen LogP contribution is -2.20. The van der Waals surface area contributed by atoms with Crippen molar-refractivity contribution >= 4 is 34.5 Å². The van der Waals surface area contributed by atoms with Gasteiger partial charge in [-0.25, -0.2) is 0 Å². The van der Waals surface area contributed by atoms with E-state index in [4.69, 9.17) is 4.74 Å².